The highest BCUT2D eigenvalue weighted by Gasteiger charge is 2.38. The fourth-order valence-electron chi connectivity index (χ4n) is 2.39. The minimum Gasteiger partial charge on any atom is -0.314 e. The molecule has 3 atom stereocenters. The molecule has 0 spiro atoms. The highest BCUT2D eigenvalue weighted by molar-refractivity contribution is 4.94. The first-order valence-electron chi connectivity index (χ1n) is 4.19. The largest absolute Gasteiger partial charge is 0.314 e. The van der Waals surface area contributed by atoms with Crippen molar-refractivity contribution >= 4 is 0 Å². The van der Waals surface area contributed by atoms with Gasteiger partial charge in [-0.25, -0.2) is 0 Å². The van der Waals surface area contributed by atoms with Crippen LogP contribution in [0.3, 0.4) is 0 Å². The van der Waals surface area contributed by atoms with E-state index in [0.717, 1.165) is 17.9 Å². The summed E-state index contributed by atoms with van der Waals surface area (Å²) in [6.07, 6.45) is 0. The van der Waals surface area contributed by atoms with E-state index in [1.165, 1.54) is 19.6 Å². The molecular formula is C8H16N2. The Balaban J connectivity index is 2.05. The van der Waals surface area contributed by atoms with Crippen LogP contribution in [0.15, 0.2) is 0 Å². The molecule has 0 aliphatic carbocycles. The zero-order valence-corrected chi connectivity index (χ0v) is 6.80. The first kappa shape index (κ1) is 6.62. The Morgan fingerprint density at radius 2 is 2.20 bits per heavy atom. The lowest BCUT2D eigenvalue weighted by Crippen LogP contribution is -2.28. The molecule has 2 nitrogen and oxygen atoms in total. The van der Waals surface area contributed by atoms with Crippen LogP contribution < -0.4 is 5.32 Å². The van der Waals surface area contributed by atoms with Gasteiger partial charge in [0, 0.05) is 19.1 Å². The van der Waals surface area contributed by atoms with E-state index >= 15 is 0 Å². The highest BCUT2D eigenvalue weighted by atomic mass is 15.2. The topological polar surface area (TPSA) is 15.3 Å². The zero-order valence-electron chi connectivity index (χ0n) is 6.80. The normalized spacial score (nSPS) is 48.0. The second kappa shape index (κ2) is 2.21. The molecule has 2 heterocycles. The van der Waals surface area contributed by atoms with Crippen molar-refractivity contribution in [2.24, 2.45) is 11.8 Å². The van der Waals surface area contributed by atoms with Gasteiger partial charge < -0.3 is 10.2 Å². The standard InChI is InChI=1S/C8H16N2/c1-6-8-5-10(2)4-7(8)3-9-6/h6-9H,3-5H2,1-2H3/t6-,7+,8+/m0/s1. The van der Waals surface area contributed by atoms with Crippen molar-refractivity contribution in [1.82, 2.24) is 10.2 Å². The molecule has 58 valence electrons. The van der Waals surface area contributed by atoms with E-state index in [1.807, 2.05) is 0 Å². The summed E-state index contributed by atoms with van der Waals surface area (Å²) < 4.78 is 0. The van der Waals surface area contributed by atoms with Crippen LogP contribution >= 0.6 is 0 Å². The number of rotatable bonds is 0. The lowest BCUT2D eigenvalue weighted by atomic mass is 9.95. The first-order chi connectivity index (χ1) is 4.77. The maximum atomic E-state index is 3.52. The molecule has 0 saturated carbocycles. The average Bonchev–Trinajstić information content (AvgIpc) is 2.35. The quantitative estimate of drug-likeness (QED) is 0.515. The van der Waals surface area contributed by atoms with Crippen molar-refractivity contribution in [2.45, 2.75) is 13.0 Å². The van der Waals surface area contributed by atoms with Gasteiger partial charge in [-0.1, -0.05) is 0 Å². The van der Waals surface area contributed by atoms with Crippen LogP contribution in [0.4, 0.5) is 0 Å². The van der Waals surface area contributed by atoms with Gasteiger partial charge in [-0.05, 0) is 32.4 Å². The van der Waals surface area contributed by atoms with Crippen LogP contribution in [0, 0.1) is 11.8 Å². The Morgan fingerprint density at radius 1 is 1.40 bits per heavy atom. The van der Waals surface area contributed by atoms with E-state index in [0.29, 0.717) is 0 Å². The Labute approximate surface area is 62.6 Å². The Morgan fingerprint density at radius 3 is 2.90 bits per heavy atom. The molecule has 0 aromatic carbocycles. The number of nitrogens with zero attached hydrogens (tertiary/aromatic N) is 1. The highest BCUT2D eigenvalue weighted by Crippen LogP contribution is 2.29. The predicted molar refractivity (Wildman–Crippen MR) is 41.9 cm³/mol. The number of hydrogen-bond donors (Lipinski definition) is 1. The van der Waals surface area contributed by atoms with Gasteiger partial charge in [0.15, 0.2) is 0 Å². The summed E-state index contributed by atoms with van der Waals surface area (Å²) in [6, 6.07) is 0.759. The van der Waals surface area contributed by atoms with Crippen molar-refractivity contribution in [3.63, 3.8) is 0 Å². The van der Waals surface area contributed by atoms with Crippen molar-refractivity contribution in [3.05, 3.63) is 0 Å². The van der Waals surface area contributed by atoms with Crippen LogP contribution in [0.25, 0.3) is 0 Å². The second-order valence-corrected chi connectivity index (χ2v) is 3.84. The molecule has 2 saturated heterocycles. The summed E-state index contributed by atoms with van der Waals surface area (Å²) >= 11 is 0. The summed E-state index contributed by atoms with van der Waals surface area (Å²) in [6.45, 7) is 6.17. The van der Waals surface area contributed by atoms with Crippen LogP contribution in [0.1, 0.15) is 6.92 Å². The van der Waals surface area contributed by atoms with Gasteiger partial charge >= 0.3 is 0 Å². The third kappa shape index (κ3) is 0.867. The van der Waals surface area contributed by atoms with E-state index < -0.39 is 0 Å². The van der Waals surface area contributed by atoms with Crippen molar-refractivity contribution < 1.29 is 0 Å². The molecule has 10 heavy (non-hydrogen) atoms. The fourth-order valence-corrected chi connectivity index (χ4v) is 2.39. The third-order valence-corrected chi connectivity index (χ3v) is 3.02. The first-order valence-corrected chi connectivity index (χ1v) is 4.19. The molecule has 2 heteroatoms. The number of likely N-dealkylation sites (tertiary alicyclic amines) is 1. The Bertz CT molecular complexity index is 135. The minimum absolute atomic E-state index is 0.759. The van der Waals surface area contributed by atoms with E-state index in [1.54, 1.807) is 0 Å². The van der Waals surface area contributed by atoms with Crippen molar-refractivity contribution in [1.29, 1.82) is 0 Å². The molecule has 0 radical (unpaired) electrons. The summed E-state index contributed by atoms with van der Waals surface area (Å²) in [7, 11) is 2.23. The third-order valence-electron chi connectivity index (χ3n) is 3.02. The van der Waals surface area contributed by atoms with E-state index in [-0.39, 0.29) is 0 Å². The summed E-state index contributed by atoms with van der Waals surface area (Å²) in [5.74, 6) is 1.88. The van der Waals surface area contributed by atoms with Crippen LogP contribution in [0.2, 0.25) is 0 Å². The van der Waals surface area contributed by atoms with Crippen LogP contribution in [-0.2, 0) is 0 Å². The van der Waals surface area contributed by atoms with Gasteiger partial charge in [0.25, 0.3) is 0 Å². The van der Waals surface area contributed by atoms with E-state index in [4.69, 9.17) is 0 Å². The van der Waals surface area contributed by atoms with Gasteiger partial charge in [-0.3, -0.25) is 0 Å². The molecule has 2 aliphatic rings. The molecule has 0 unspecified atom stereocenters. The molecule has 0 bridgehead atoms. The van der Waals surface area contributed by atoms with Gasteiger partial charge in [-0.15, -0.1) is 0 Å². The molecule has 0 aromatic rings. The second-order valence-electron chi connectivity index (χ2n) is 3.84. The van der Waals surface area contributed by atoms with E-state index in [9.17, 15) is 0 Å². The van der Waals surface area contributed by atoms with E-state index in [2.05, 4.69) is 24.2 Å². The lowest BCUT2D eigenvalue weighted by molar-refractivity contribution is 0.364. The molecule has 2 rings (SSSR count). The number of fused-ring (bicyclic) bond motifs is 1. The Kier molecular flexibility index (Phi) is 1.46. The number of nitrogens with one attached hydrogen (secondary N) is 1. The smallest absolute Gasteiger partial charge is 0.00829 e. The van der Waals surface area contributed by atoms with Gasteiger partial charge in [0.05, 0.1) is 0 Å². The predicted octanol–water partition coefficient (Wildman–Crippen LogP) is 0.156. The van der Waals surface area contributed by atoms with Gasteiger partial charge in [-0.2, -0.15) is 0 Å². The van der Waals surface area contributed by atoms with Gasteiger partial charge in [0.2, 0.25) is 0 Å². The summed E-state index contributed by atoms with van der Waals surface area (Å²) in [4.78, 5) is 2.45. The zero-order chi connectivity index (χ0) is 7.14. The molecule has 2 fully saturated rings. The SMILES string of the molecule is C[C@@H]1NC[C@@H]2CN(C)C[C@@H]21. The maximum absolute atomic E-state index is 3.52. The molecule has 1 N–H and O–H groups in total. The maximum Gasteiger partial charge on any atom is 0.00829 e. The van der Waals surface area contributed by atoms with Crippen LogP contribution in [-0.4, -0.2) is 37.6 Å². The summed E-state index contributed by atoms with van der Waals surface area (Å²) in [5, 5.41) is 3.52. The van der Waals surface area contributed by atoms with Crippen LogP contribution in [0.5, 0.6) is 0 Å². The average molecular weight is 140 g/mol. The molecule has 0 aromatic heterocycles. The van der Waals surface area contributed by atoms with Gasteiger partial charge in [0.1, 0.15) is 0 Å². The monoisotopic (exact) mass is 140 g/mol. The lowest BCUT2D eigenvalue weighted by Gasteiger charge is -2.13. The van der Waals surface area contributed by atoms with Crippen molar-refractivity contribution in [2.75, 3.05) is 26.7 Å². The van der Waals surface area contributed by atoms with Crippen molar-refractivity contribution in [3.8, 4) is 0 Å². The molecule has 2 aliphatic heterocycles. The fraction of sp³-hybridized carbons (Fsp3) is 1.00. The number of hydrogen-bond acceptors (Lipinski definition) is 2. The molecular weight excluding hydrogens is 124 g/mol. The Hall–Kier alpha value is -0.0800. The minimum atomic E-state index is 0.759. The summed E-state index contributed by atoms with van der Waals surface area (Å²) in [5.41, 5.74) is 0. The molecule has 0 amide bonds.